The van der Waals surface area contributed by atoms with Gasteiger partial charge in [0, 0.05) is 37.4 Å². The standard InChI is InChI=1S/C17H22N4O4/c1-10-19-12-8-11(4-5-13(12)25-10)20-15(23)6-7-16(24)21-17(2,3)9-14(18)22/h4-5,8H,6-7,9H2,1-3H3,(H2,18,22)(H,20,23)(H,21,24). The van der Waals surface area contributed by atoms with E-state index in [4.69, 9.17) is 10.2 Å². The van der Waals surface area contributed by atoms with Crippen LogP contribution in [0.5, 0.6) is 0 Å². The second-order valence-electron chi connectivity index (χ2n) is 6.54. The highest BCUT2D eigenvalue weighted by Gasteiger charge is 2.23. The number of benzene rings is 1. The summed E-state index contributed by atoms with van der Waals surface area (Å²) < 4.78 is 5.37. The van der Waals surface area contributed by atoms with E-state index in [1.54, 1.807) is 39.0 Å². The number of nitrogens with two attached hydrogens (primary N) is 1. The number of hydrogen-bond acceptors (Lipinski definition) is 5. The zero-order valence-electron chi connectivity index (χ0n) is 14.5. The summed E-state index contributed by atoms with van der Waals surface area (Å²) in [5.74, 6) is -0.554. The summed E-state index contributed by atoms with van der Waals surface area (Å²) in [5, 5.41) is 5.41. The molecule has 4 N–H and O–H groups in total. The number of fused-ring (bicyclic) bond motifs is 1. The molecule has 2 aromatic rings. The highest BCUT2D eigenvalue weighted by molar-refractivity contribution is 5.94. The van der Waals surface area contributed by atoms with Crippen molar-refractivity contribution in [3.05, 3.63) is 24.1 Å². The van der Waals surface area contributed by atoms with Crippen LogP contribution < -0.4 is 16.4 Å². The number of aromatic nitrogens is 1. The molecule has 0 spiro atoms. The molecule has 0 aliphatic rings. The lowest BCUT2D eigenvalue weighted by atomic mass is 10.00. The molecular formula is C17H22N4O4. The van der Waals surface area contributed by atoms with Gasteiger partial charge in [-0.1, -0.05) is 0 Å². The molecule has 1 aromatic heterocycles. The third-order valence-corrected chi connectivity index (χ3v) is 3.45. The average molecular weight is 346 g/mol. The minimum Gasteiger partial charge on any atom is -0.441 e. The van der Waals surface area contributed by atoms with Crippen LogP contribution in [0, 0.1) is 6.92 Å². The van der Waals surface area contributed by atoms with Gasteiger partial charge in [0.1, 0.15) is 5.52 Å². The van der Waals surface area contributed by atoms with Crippen molar-refractivity contribution in [3.8, 4) is 0 Å². The van der Waals surface area contributed by atoms with Crippen molar-refractivity contribution in [1.82, 2.24) is 10.3 Å². The molecule has 0 saturated heterocycles. The fourth-order valence-corrected chi connectivity index (χ4v) is 2.49. The topological polar surface area (TPSA) is 127 Å². The lowest BCUT2D eigenvalue weighted by molar-refractivity contribution is -0.126. The van der Waals surface area contributed by atoms with Gasteiger partial charge in [0.25, 0.3) is 0 Å². The van der Waals surface area contributed by atoms with E-state index in [9.17, 15) is 14.4 Å². The van der Waals surface area contributed by atoms with Crippen LogP contribution in [0.3, 0.4) is 0 Å². The van der Waals surface area contributed by atoms with E-state index in [1.807, 2.05) is 0 Å². The number of oxazole rings is 1. The largest absolute Gasteiger partial charge is 0.441 e. The molecule has 1 aromatic carbocycles. The van der Waals surface area contributed by atoms with E-state index in [-0.39, 0.29) is 31.1 Å². The first kappa shape index (κ1) is 18.4. The summed E-state index contributed by atoms with van der Waals surface area (Å²) in [7, 11) is 0. The molecule has 134 valence electrons. The number of carbonyl (C=O) groups excluding carboxylic acids is 3. The predicted octanol–water partition coefficient (Wildman–Crippen LogP) is 1.63. The molecule has 0 unspecified atom stereocenters. The zero-order chi connectivity index (χ0) is 18.6. The molecule has 3 amide bonds. The zero-order valence-corrected chi connectivity index (χ0v) is 14.5. The quantitative estimate of drug-likeness (QED) is 0.702. The maximum Gasteiger partial charge on any atom is 0.224 e. The Bertz CT molecular complexity index is 810. The van der Waals surface area contributed by atoms with Crippen molar-refractivity contribution in [2.75, 3.05) is 5.32 Å². The van der Waals surface area contributed by atoms with Crippen LogP contribution in [0.25, 0.3) is 11.1 Å². The lowest BCUT2D eigenvalue weighted by Gasteiger charge is -2.24. The van der Waals surface area contributed by atoms with Gasteiger partial charge in [-0.3, -0.25) is 14.4 Å². The number of carbonyl (C=O) groups is 3. The lowest BCUT2D eigenvalue weighted by Crippen LogP contribution is -2.46. The Labute approximate surface area is 145 Å². The molecule has 0 fully saturated rings. The normalized spacial score (nSPS) is 11.3. The molecule has 0 aliphatic heterocycles. The number of rotatable bonds is 7. The fraction of sp³-hybridized carbons (Fsp3) is 0.412. The SMILES string of the molecule is Cc1nc2cc(NC(=O)CCC(=O)NC(C)(C)CC(N)=O)ccc2o1. The van der Waals surface area contributed by atoms with Gasteiger partial charge in [0.2, 0.25) is 17.7 Å². The minimum absolute atomic E-state index is 0.0132. The van der Waals surface area contributed by atoms with E-state index in [0.717, 1.165) is 0 Å². The second kappa shape index (κ2) is 7.33. The molecule has 8 nitrogen and oxygen atoms in total. The molecule has 0 bridgehead atoms. The third-order valence-electron chi connectivity index (χ3n) is 3.45. The number of nitrogens with zero attached hydrogens (tertiary/aromatic N) is 1. The van der Waals surface area contributed by atoms with Crippen molar-refractivity contribution in [1.29, 1.82) is 0 Å². The Morgan fingerprint density at radius 3 is 2.56 bits per heavy atom. The van der Waals surface area contributed by atoms with E-state index in [0.29, 0.717) is 22.7 Å². The van der Waals surface area contributed by atoms with E-state index >= 15 is 0 Å². The Balaban J connectivity index is 1.85. The van der Waals surface area contributed by atoms with Gasteiger partial charge in [-0.2, -0.15) is 0 Å². The fourth-order valence-electron chi connectivity index (χ4n) is 2.49. The van der Waals surface area contributed by atoms with Gasteiger partial charge in [-0.25, -0.2) is 4.98 Å². The molecule has 0 atom stereocenters. The third kappa shape index (κ3) is 5.59. The van der Waals surface area contributed by atoms with E-state index < -0.39 is 11.4 Å². The average Bonchev–Trinajstić information content (AvgIpc) is 2.82. The summed E-state index contributed by atoms with van der Waals surface area (Å²) in [6, 6.07) is 5.14. The first-order chi connectivity index (χ1) is 11.6. The Morgan fingerprint density at radius 1 is 1.20 bits per heavy atom. The molecule has 1 heterocycles. The summed E-state index contributed by atoms with van der Waals surface area (Å²) in [6.45, 7) is 5.15. The number of aryl methyl sites for hydroxylation is 1. The summed E-state index contributed by atoms with van der Waals surface area (Å²) in [4.78, 5) is 39.1. The molecule has 0 saturated carbocycles. The van der Waals surface area contributed by atoms with Crippen molar-refractivity contribution in [3.63, 3.8) is 0 Å². The van der Waals surface area contributed by atoms with Crippen LogP contribution >= 0.6 is 0 Å². The number of anilines is 1. The predicted molar refractivity (Wildman–Crippen MR) is 92.6 cm³/mol. The van der Waals surface area contributed by atoms with Crippen LogP contribution in [0.1, 0.15) is 39.0 Å². The van der Waals surface area contributed by atoms with E-state index in [1.165, 1.54) is 0 Å². The first-order valence-electron chi connectivity index (χ1n) is 7.91. The van der Waals surface area contributed by atoms with Gasteiger partial charge >= 0.3 is 0 Å². The molecule has 25 heavy (non-hydrogen) atoms. The second-order valence-corrected chi connectivity index (χ2v) is 6.54. The van der Waals surface area contributed by atoms with Crippen LogP contribution in [-0.2, 0) is 14.4 Å². The summed E-state index contributed by atoms with van der Waals surface area (Å²) >= 11 is 0. The Morgan fingerprint density at radius 2 is 1.88 bits per heavy atom. The first-order valence-corrected chi connectivity index (χ1v) is 7.91. The van der Waals surface area contributed by atoms with Gasteiger partial charge in [0.05, 0.1) is 0 Å². The summed E-state index contributed by atoms with van der Waals surface area (Å²) in [6.07, 6.45) is 0.0652. The van der Waals surface area contributed by atoms with Gasteiger partial charge < -0.3 is 20.8 Å². The number of primary amides is 1. The van der Waals surface area contributed by atoms with Gasteiger partial charge in [-0.15, -0.1) is 0 Å². The maximum absolute atomic E-state index is 12.0. The monoisotopic (exact) mass is 346 g/mol. The van der Waals surface area contributed by atoms with E-state index in [2.05, 4.69) is 15.6 Å². The van der Waals surface area contributed by atoms with Crippen molar-refractivity contribution in [2.45, 2.75) is 45.6 Å². The van der Waals surface area contributed by atoms with Crippen molar-refractivity contribution >= 4 is 34.5 Å². The molecule has 2 rings (SSSR count). The van der Waals surface area contributed by atoms with Crippen LogP contribution in [0.2, 0.25) is 0 Å². The number of amides is 3. The number of hydrogen-bond donors (Lipinski definition) is 3. The molecular weight excluding hydrogens is 324 g/mol. The number of nitrogens with one attached hydrogen (secondary N) is 2. The molecule has 8 heteroatoms. The van der Waals surface area contributed by atoms with Crippen molar-refractivity contribution < 1.29 is 18.8 Å². The maximum atomic E-state index is 12.0. The van der Waals surface area contributed by atoms with Gasteiger partial charge in [0.15, 0.2) is 11.5 Å². The highest BCUT2D eigenvalue weighted by Crippen LogP contribution is 2.19. The Kier molecular flexibility index (Phi) is 5.41. The van der Waals surface area contributed by atoms with Crippen molar-refractivity contribution in [2.24, 2.45) is 5.73 Å². The molecule has 0 aliphatic carbocycles. The Hall–Kier alpha value is -2.90. The van der Waals surface area contributed by atoms with Crippen LogP contribution in [0.4, 0.5) is 5.69 Å². The van der Waals surface area contributed by atoms with Gasteiger partial charge in [-0.05, 0) is 32.0 Å². The minimum atomic E-state index is -0.741. The highest BCUT2D eigenvalue weighted by atomic mass is 16.3. The van der Waals surface area contributed by atoms with Crippen LogP contribution in [0.15, 0.2) is 22.6 Å². The van der Waals surface area contributed by atoms with Crippen LogP contribution in [-0.4, -0.2) is 28.2 Å². The molecule has 0 radical (unpaired) electrons. The summed E-state index contributed by atoms with van der Waals surface area (Å²) in [5.41, 5.74) is 6.28. The smallest absolute Gasteiger partial charge is 0.224 e.